The largest absolute Gasteiger partial charge is 0.368 e. The van der Waals surface area contributed by atoms with Crippen LogP contribution in [0.3, 0.4) is 0 Å². The molecule has 2 aromatic rings. The van der Waals surface area contributed by atoms with Crippen molar-refractivity contribution in [3.05, 3.63) is 49.5 Å². The van der Waals surface area contributed by atoms with E-state index in [0.717, 1.165) is 23.5 Å². The molecule has 0 radical (unpaired) electrons. The molecular weight excluding hydrogens is 312 g/mol. The summed E-state index contributed by atoms with van der Waals surface area (Å²) in [4.78, 5) is 18.4. The second-order valence-corrected chi connectivity index (χ2v) is 6.78. The van der Waals surface area contributed by atoms with E-state index in [0.29, 0.717) is 6.54 Å². The van der Waals surface area contributed by atoms with E-state index >= 15 is 0 Å². The molecule has 0 spiro atoms. The molecule has 3 rings (SSSR count). The Bertz CT molecular complexity index is 770. The predicted octanol–water partition coefficient (Wildman–Crippen LogP) is 3.44. The molecule has 118 valence electrons. The predicted molar refractivity (Wildman–Crippen MR) is 88.7 cm³/mol. The van der Waals surface area contributed by atoms with Crippen LogP contribution in [0.1, 0.15) is 34.0 Å². The number of benzene rings is 1. The summed E-state index contributed by atoms with van der Waals surface area (Å²) in [6.07, 6.45) is 4.62. The molecule has 0 saturated carbocycles. The summed E-state index contributed by atoms with van der Waals surface area (Å²) in [7, 11) is 1.91. The lowest BCUT2D eigenvalue weighted by Gasteiger charge is -2.17. The SMILES string of the molecule is CN(Cc1nc2c(s1)CCCC2)c1ccc([N+](=O)[O-])c(C#N)c1. The molecule has 23 heavy (non-hydrogen) atoms. The van der Waals surface area contributed by atoms with Gasteiger partial charge in [0.15, 0.2) is 0 Å². The van der Waals surface area contributed by atoms with Crippen molar-refractivity contribution in [2.45, 2.75) is 32.2 Å². The molecule has 7 heteroatoms. The van der Waals surface area contributed by atoms with Gasteiger partial charge in [-0.15, -0.1) is 11.3 Å². The average molecular weight is 328 g/mol. The van der Waals surface area contributed by atoms with Gasteiger partial charge >= 0.3 is 0 Å². The highest BCUT2D eigenvalue weighted by molar-refractivity contribution is 7.11. The average Bonchev–Trinajstić information content (AvgIpc) is 2.96. The van der Waals surface area contributed by atoms with Gasteiger partial charge in [-0.1, -0.05) is 0 Å². The highest BCUT2D eigenvalue weighted by Gasteiger charge is 2.18. The third-order valence-corrected chi connectivity index (χ3v) is 5.14. The molecule has 1 aliphatic carbocycles. The minimum Gasteiger partial charge on any atom is -0.368 e. The van der Waals surface area contributed by atoms with E-state index in [1.54, 1.807) is 23.5 Å². The summed E-state index contributed by atoms with van der Waals surface area (Å²) in [5.41, 5.74) is 1.93. The quantitative estimate of drug-likeness (QED) is 0.634. The van der Waals surface area contributed by atoms with E-state index in [-0.39, 0.29) is 11.3 Å². The molecule has 0 saturated heterocycles. The Morgan fingerprint density at radius 1 is 1.43 bits per heavy atom. The highest BCUT2D eigenvalue weighted by atomic mass is 32.1. The zero-order chi connectivity index (χ0) is 16.4. The molecule has 1 heterocycles. The first-order chi connectivity index (χ1) is 11.1. The molecule has 0 bridgehead atoms. The van der Waals surface area contributed by atoms with Gasteiger partial charge in [0.1, 0.15) is 16.6 Å². The maximum Gasteiger partial charge on any atom is 0.287 e. The van der Waals surface area contributed by atoms with Gasteiger partial charge in [-0.25, -0.2) is 4.98 Å². The van der Waals surface area contributed by atoms with Crippen LogP contribution in [0.15, 0.2) is 18.2 Å². The first kappa shape index (κ1) is 15.4. The van der Waals surface area contributed by atoms with E-state index in [2.05, 4.69) is 0 Å². The Kier molecular flexibility index (Phi) is 4.26. The summed E-state index contributed by atoms with van der Waals surface area (Å²) in [6.45, 7) is 0.639. The highest BCUT2D eigenvalue weighted by Crippen LogP contribution is 2.29. The van der Waals surface area contributed by atoms with Gasteiger partial charge in [-0.2, -0.15) is 5.26 Å². The maximum atomic E-state index is 10.9. The number of nitrogens with zero attached hydrogens (tertiary/aromatic N) is 4. The van der Waals surface area contributed by atoms with Gasteiger partial charge in [0.25, 0.3) is 5.69 Å². The second-order valence-electron chi connectivity index (χ2n) is 5.61. The lowest BCUT2D eigenvalue weighted by Crippen LogP contribution is -2.16. The van der Waals surface area contributed by atoms with Gasteiger partial charge in [-0.05, 0) is 37.8 Å². The molecule has 0 aliphatic heterocycles. The Hall–Kier alpha value is -2.46. The number of nitriles is 1. The molecule has 1 aromatic carbocycles. The summed E-state index contributed by atoms with van der Waals surface area (Å²) in [5.74, 6) is 0. The van der Waals surface area contributed by atoms with Crippen LogP contribution < -0.4 is 4.90 Å². The van der Waals surface area contributed by atoms with Crippen LogP contribution in [0.2, 0.25) is 0 Å². The van der Waals surface area contributed by atoms with Crippen molar-refractivity contribution < 1.29 is 4.92 Å². The number of aryl methyl sites for hydroxylation is 2. The number of rotatable bonds is 4. The molecule has 6 nitrogen and oxygen atoms in total. The standard InChI is InChI=1S/C16H16N4O2S/c1-19(10-16-18-13-4-2-3-5-15(13)23-16)12-6-7-14(20(21)22)11(8-12)9-17/h6-8H,2-5,10H2,1H3. The van der Waals surface area contributed by atoms with Crippen LogP contribution in [0.5, 0.6) is 0 Å². The zero-order valence-corrected chi connectivity index (χ0v) is 13.6. The second kappa shape index (κ2) is 6.34. The number of nitro groups is 1. The summed E-state index contributed by atoms with van der Waals surface area (Å²) in [5, 5.41) is 21.0. The number of anilines is 1. The molecule has 0 unspecified atom stereocenters. The molecule has 0 N–H and O–H groups in total. The van der Waals surface area contributed by atoms with Crippen LogP contribution in [0.25, 0.3) is 0 Å². The van der Waals surface area contributed by atoms with Crippen LogP contribution in [0.4, 0.5) is 11.4 Å². The van der Waals surface area contributed by atoms with Gasteiger partial charge < -0.3 is 4.90 Å². The van der Waals surface area contributed by atoms with E-state index in [1.165, 1.54) is 29.5 Å². The molecule has 1 aromatic heterocycles. The fourth-order valence-corrected chi connectivity index (χ4v) is 3.99. The van der Waals surface area contributed by atoms with E-state index < -0.39 is 4.92 Å². The van der Waals surface area contributed by atoms with Crippen molar-refractivity contribution in [3.63, 3.8) is 0 Å². The maximum absolute atomic E-state index is 10.9. The summed E-state index contributed by atoms with van der Waals surface area (Å²) in [6, 6.07) is 6.51. The Labute approximate surface area is 138 Å². The van der Waals surface area contributed by atoms with Gasteiger partial charge in [0.2, 0.25) is 0 Å². The topological polar surface area (TPSA) is 83.1 Å². The van der Waals surface area contributed by atoms with Crippen molar-refractivity contribution in [3.8, 4) is 6.07 Å². The Morgan fingerprint density at radius 3 is 2.91 bits per heavy atom. The van der Waals surface area contributed by atoms with Gasteiger partial charge in [-0.3, -0.25) is 10.1 Å². The number of hydrogen-bond donors (Lipinski definition) is 0. The van der Waals surface area contributed by atoms with Crippen LogP contribution in [0, 0.1) is 21.4 Å². The van der Waals surface area contributed by atoms with Crippen molar-refractivity contribution in [1.82, 2.24) is 4.98 Å². The third kappa shape index (κ3) is 3.17. The number of thiazole rings is 1. The molecule has 0 atom stereocenters. The van der Waals surface area contributed by atoms with Crippen molar-refractivity contribution in [2.24, 2.45) is 0 Å². The third-order valence-electron chi connectivity index (χ3n) is 4.00. The van der Waals surface area contributed by atoms with E-state index in [9.17, 15) is 10.1 Å². The number of aromatic nitrogens is 1. The minimum atomic E-state index is -0.531. The van der Waals surface area contributed by atoms with Crippen molar-refractivity contribution in [1.29, 1.82) is 5.26 Å². The number of hydrogen-bond acceptors (Lipinski definition) is 6. The smallest absolute Gasteiger partial charge is 0.287 e. The van der Waals surface area contributed by atoms with Crippen LogP contribution in [-0.4, -0.2) is 17.0 Å². The van der Waals surface area contributed by atoms with E-state index in [1.807, 2.05) is 18.0 Å². The van der Waals surface area contributed by atoms with Gasteiger partial charge in [0.05, 0.1) is 17.2 Å². The molecule has 1 aliphatic rings. The minimum absolute atomic E-state index is 0.0813. The number of fused-ring (bicyclic) bond motifs is 1. The van der Waals surface area contributed by atoms with E-state index in [4.69, 9.17) is 10.2 Å². The first-order valence-electron chi connectivity index (χ1n) is 7.45. The van der Waals surface area contributed by atoms with Gasteiger partial charge in [0, 0.05) is 23.7 Å². The van der Waals surface area contributed by atoms with Crippen LogP contribution in [-0.2, 0) is 19.4 Å². The first-order valence-corrected chi connectivity index (χ1v) is 8.27. The fraction of sp³-hybridized carbons (Fsp3) is 0.375. The summed E-state index contributed by atoms with van der Waals surface area (Å²) >= 11 is 1.75. The lowest BCUT2D eigenvalue weighted by molar-refractivity contribution is -0.385. The normalized spacial score (nSPS) is 13.2. The Balaban J connectivity index is 1.80. The number of nitro benzene ring substituents is 1. The molecular formula is C16H16N4O2S. The van der Waals surface area contributed by atoms with Crippen LogP contribution >= 0.6 is 11.3 Å². The Morgan fingerprint density at radius 2 is 2.22 bits per heavy atom. The monoisotopic (exact) mass is 328 g/mol. The lowest BCUT2D eigenvalue weighted by atomic mass is 10.0. The van der Waals surface area contributed by atoms with Crippen molar-refractivity contribution >= 4 is 22.7 Å². The summed E-state index contributed by atoms with van der Waals surface area (Å²) < 4.78 is 0. The zero-order valence-electron chi connectivity index (χ0n) is 12.8. The molecule has 0 amide bonds. The van der Waals surface area contributed by atoms with Crippen molar-refractivity contribution in [2.75, 3.05) is 11.9 Å². The molecule has 0 fully saturated rings. The fourth-order valence-electron chi connectivity index (χ4n) is 2.78.